The van der Waals surface area contributed by atoms with E-state index in [0.717, 1.165) is 5.56 Å². The number of esters is 1. The van der Waals surface area contributed by atoms with Crippen molar-refractivity contribution < 1.29 is 33.4 Å². The molecule has 4 atom stereocenters. The Balaban J connectivity index is 1.28. The molecule has 5 rings (SSSR count). The summed E-state index contributed by atoms with van der Waals surface area (Å²) >= 11 is 5.92. The first-order valence-corrected chi connectivity index (χ1v) is 13.5. The summed E-state index contributed by atoms with van der Waals surface area (Å²) in [7, 11) is 0. The predicted octanol–water partition coefficient (Wildman–Crippen LogP) is 1.94. The van der Waals surface area contributed by atoms with Crippen molar-refractivity contribution in [3.63, 3.8) is 0 Å². The summed E-state index contributed by atoms with van der Waals surface area (Å²) in [4.78, 5) is 65.0. The molecule has 2 aromatic carbocycles. The lowest BCUT2D eigenvalue weighted by Gasteiger charge is -2.43. The zero-order chi connectivity index (χ0) is 28.2. The highest BCUT2D eigenvalue weighted by Gasteiger charge is 2.46. The fraction of sp³-hybridized carbons (Fsp3) is 0.393. The van der Waals surface area contributed by atoms with E-state index in [1.54, 1.807) is 54.6 Å². The Morgan fingerprint density at radius 3 is 2.50 bits per heavy atom. The van der Waals surface area contributed by atoms with Crippen LogP contribution in [0.1, 0.15) is 48.0 Å². The van der Waals surface area contributed by atoms with E-state index >= 15 is 0 Å². The third kappa shape index (κ3) is 6.10. The van der Waals surface area contributed by atoms with Gasteiger partial charge in [0.2, 0.25) is 18.1 Å². The fourth-order valence-electron chi connectivity index (χ4n) is 5.08. The first kappa shape index (κ1) is 27.6. The predicted molar refractivity (Wildman–Crippen MR) is 141 cm³/mol. The van der Waals surface area contributed by atoms with Gasteiger partial charge < -0.3 is 20.1 Å². The minimum Gasteiger partial charge on any atom is -0.433 e. The normalized spacial score (nSPS) is 24.7. The van der Waals surface area contributed by atoms with Crippen LogP contribution in [0.15, 0.2) is 54.6 Å². The van der Waals surface area contributed by atoms with Gasteiger partial charge in [-0.3, -0.25) is 29.0 Å². The summed E-state index contributed by atoms with van der Waals surface area (Å²) in [5.74, 6) is -2.35. The number of hydrogen-bond acceptors (Lipinski definition) is 7. The second kappa shape index (κ2) is 12.1. The zero-order valence-corrected chi connectivity index (χ0v) is 22.3. The molecule has 0 radical (unpaired) electrons. The highest BCUT2D eigenvalue weighted by Crippen LogP contribution is 2.26. The first-order valence-electron chi connectivity index (χ1n) is 13.2. The maximum Gasteiger partial charge on any atom is 0.310 e. The Hall–Kier alpha value is -3.96. The Morgan fingerprint density at radius 2 is 1.75 bits per heavy atom. The molecule has 3 saturated heterocycles. The largest absolute Gasteiger partial charge is 0.433 e. The number of fused-ring (bicyclic) bond motifs is 1. The van der Waals surface area contributed by atoms with Crippen LogP contribution in [0, 0.1) is 0 Å². The second-order valence-corrected chi connectivity index (χ2v) is 10.3. The van der Waals surface area contributed by atoms with Gasteiger partial charge in [-0.2, -0.15) is 0 Å². The lowest BCUT2D eigenvalue weighted by Crippen LogP contribution is -2.64. The Bertz CT molecular complexity index is 1290. The van der Waals surface area contributed by atoms with Crippen molar-refractivity contribution in [2.45, 2.75) is 63.1 Å². The standard InChI is InChI=1S/C28H29ClN4O7/c29-19-10-8-17(9-11-19)16-39-28-21(15-24(35)40-28)31-26(37)22-7-4-14-32-23(34)13-12-20(27(38)33(22)32)30-25(36)18-5-2-1-3-6-18/h1-3,5-6,8-11,20-22,28H,4,7,12-16H2,(H,30,36)(H,31,37). The highest BCUT2D eigenvalue weighted by molar-refractivity contribution is 6.30. The number of amides is 4. The number of ether oxygens (including phenoxy) is 2. The van der Waals surface area contributed by atoms with Crippen molar-refractivity contribution in [2.75, 3.05) is 6.54 Å². The number of hydrogen-bond donors (Lipinski definition) is 2. The number of cyclic esters (lactones) is 1. The van der Waals surface area contributed by atoms with Crippen molar-refractivity contribution in [3.8, 4) is 0 Å². The topological polar surface area (TPSA) is 134 Å². The summed E-state index contributed by atoms with van der Waals surface area (Å²) < 4.78 is 11.1. The van der Waals surface area contributed by atoms with Crippen LogP contribution in [-0.2, 0) is 35.3 Å². The Labute approximate surface area is 235 Å². The molecule has 3 aliphatic rings. The van der Waals surface area contributed by atoms with Gasteiger partial charge in [0, 0.05) is 23.6 Å². The molecule has 11 nitrogen and oxygen atoms in total. The van der Waals surface area contributed by atoms with E-state index in [0.29, 0.717) is 23.4 Å². The molecule has 12 heteroatoms. The summed E-state index contributed by atoms with van der Waals surface area (Å²) in [6.07, 6.45) is -0.156. The van der Waals surface area contributed by atoms with Crippen LogP contribution in [0.25, 0.3) is 0 Å². The van der Waals surface area contributed by atoms with Crippen LogP contribution in [0.5, 0.6) is 0 Å². The summed E-state index contributed by atoms with van der Waals surface area (Å²) in [5.41, 5.74) is 1.18. The van der Waals surface area contributed by atoms with Crippen LogP contribution in [0.2, 0.25) is 5.02 Å². The van der Waals surface area contributed by atoms with Crippen LogP contribution in [0.4, 0.5) is 0 Å². The molecule has 0 saturated carbocycles. The van der Waals surface area contributed by atoms with Crippen LogP contribution in [-0.4, -0.2) is 70.6 Å². The molecular weight excluding hydrogens is 540 g/mol. The third-order valence-corrected chi connectivity index (χ3v) is 7.38. The molecule has 3 aliphatic heterocycles. The summed E-state index contributed by atoms with van der Waals surface area (Å²) in [5, 5.41) is 8.57. The molecule has 4 amide bonds. The number of hydrazine groups is 1. The van der Waals surface area contributed by atoms with Gasteiger partial charge in [-0.15, -0.1) is 0 Å². The van der Waals surface area contributed by atoms with Crippen molar-refractivity contribution in [1.82, 2.24) is 20.7 Å². The van der Waals surface area contributed by atoms with E-state index < -0.39 is 48.1 Å². The Kier molecular flexibility index (Phi) is 8.32. The van der Waals surface area contributed by atoms with Gasteiger partial charge in [-0.25, -0.2) is 5.01 Å². The molecule has 40 heavy (non-hydrogen) atoms. The number of carbonyl (C=O) groups is 5. The number of halogens is 1. The van der Waals surface area contributed by atoms with E-state index in [-0.39, 0.29) is 38.3 Å². The molecule has 0 aromatic heterocycles. The number of rotatable bonds is 7. The van der Waals surface area contributed by atoms with Crippen molar-refractivity contribution in [1.29, 1.82) is 0 Å². The second-order valence-electron chi connectivity index (χ2n) is 9.90. The van der Waals surface area contributed by atoms with Gasteiger partial charge in [-0.1, -0.05) is 41.9 Å². The zero-order valence-electron chi connectivity index (χ0n) is 21.6. The molecule has 2 N–H and O–H groups in total. The minimum atomic E-state index is -1.02. The number of nitrogens with one attached hydrogen (secondary N) is 2. The Morgan fingerprint density at radius 1 is 1.00 bits per heavy atom. The number of carbonyl (C=O) groups excluding carboxylic acids is 5. The highest BCUT2D eigenvalue weighted by atomic mass is 35.5. The van der Waals surface area contributed by atoms with Gasteiger partial charge >= 0.3 is 5.97 Å². The molecule has 3 heterocycles. The number of benzene rings is 2. The van der Waals surface area contributed by atoms with Crippen LogP contribution in [0.3, 0.4) is 0 Å². The lowest BCUT2D eigenvalue weighted by molar-refractivity contribution is -0.177. The SMILES string of the molecule is O=C1CC(NC(=O)C2CCCN3C(=O)CCC(NC(=O)c4ccccc4)C(=O)N23)C(OCc2ccc(Cl)cc2)O1. The van der Waals surface area contributed by atoms with Crippen molar-refractivity contribution >= 4 is 41.2 Å². The average Bonchev–Trinajstić information content (AvgIpc) is 3.26. The summed E-state index contributed by atoms with van der Waals surface area (Å²) in [6.45, 7) is 0.409. The fourth-order valence-corrected chi connectivity index (χ4v) is 5.21. The molecule has 4 unspecified atom stereocenters. The van der Waals surface area contributed by atoms with Gasteiger partial charge in [0.1, 0.15) is 18.1 Å². The van der Waals surface area contributed by atoms with E-state index in [2.05, 4.69) is 10.6 Å². The molecule has 210 valence electrons. The number of nitrogens with zero attached hydrogens (tertiary/aromatic N) is 2. The maximum atomic E-state index is 13.7. The first-order chi connectivity index (χ1) is 19.3. The van der Waals surface area contributed by atoms with E-state index in [9.17, 15) is 24.0 Å². The van der Waals surface area contributed by atoms with Crippen LogP contribution < -0.4 is 10.6 Å². The lowest BCUT2D eigenvalue weighted by atomic mass is 10.0. The minimum absolute atomic E-state index is 0.0435. The van der Waals surface area contributed by atoms with Gasteiger partial charge in [-0.05, 0) is 49.1 Å². The third-order valence-electron chi connectivity index (χ3n) is 7.12. The van der Waals surface area contributed by atoms with Crippen LogP contribution >= 0.6 is 11.6 Å². The van der Waals surface area contributed by atoms with E-state index in [1.165, 1.54) is 10.0 Å². The molecule has 0 bridgehead atoms. The molecule has 0 aliphatic carbocycles. The van der Waals surface area contributed by atoms with Gasteiger partial charge in [0.25, 0.3) is 11.8 Å². The van der Waals surface area contributed by atoms with E-state index in [1.807, 2.05) is 0 Å². The molecule has 0 spiro atoms. The van der Waals surface area contributed by atoms with Crippen molar-refractivity contribution in [3.05, 3.63) is 70.7 Å². The average molecular weight is 569 g/mol. The maximum absolute atomic E-state index is 13.7. The summed E-state index contributed by atoms with van der Waals surface area (Å²) in [6, 6.07) is 12.7. The quantitative estimate of drug-likeness (QED) is 0.487. The van der Waals surface area contributed by atoms with Gasteiger partial charge in [0.15, 0.2) is 0 Å². The molecule has 2 aromatic rings. The monoisotopic (exact) mass is 568 g/mol. The smallest absolute Gasteiger partial charge is 0.310 e. The molecular formula is C28H29ClN4O7. The molecule has 3 fully saturated rings. The van der Waals surface area contributed by atoms with E-state index in [4.69, 9.17) is 21.1 Å². The van der Waals surface area contributed by atoms with Gasteiger partial charge in [0.05, 0.1) is 13.0 Å². The van der Waals surface area contributed by atoms with Crippen molar-refractivity contribution in [2.24, 2.45) is 0 Å².